The lowest BCUT2D eigenvalue weighted by molar-refractivity contribution is -0.137. The van der Waals surface area contributed by atoms with Crippen molar-refractivity contribution in [2.24, 2.45) is 12.8 Å². The third kappa shape index (κ3) is 3.47. The number of aryl methyl sites for hydroxylation is 1. The first kappa shape index (κ1) is 17.3. The van der Waals surface area contributed by atoms with E-state index in [2.05, 4.69) is 5.10 Å². The number of alkyl halides is 3. The number of amides is 1. The molecule has 124 valence electrons. The summed E-state index contributed by atoms with van der Waals surface area (Å²) in [6.45, 7) is 0. The highest BCUT2D eigenvalue weighted by Gasteiger charge is 2.35. The van der Waals surface area contributed by atoms with E-state index in [4.69, 9.17) is 17.3 Å². The maximum Gasteiger partial charge on any atom is 0.417 e. The summed E-state index contributed by atoms with van der Waals surface area (Å²) in [5.74, 6) is -2.84. The number of halogens is 5. The molecule has 4 nitrogen and oxygen atoms in total. The average molecular weight is 350 g/mol. The molecule has 1 unspecified atom stereocenters. The zero-order chi connectivity index (χ0) is 17.4. The fraction of sp³-hybridized carbons (Fsp3) is 0.286. The van der Waals surface area contributed by atoms with Crippen molar-refractivity contribution >= 4 is 17.5 Å². The molecule has 1 amide bonds. The van der Waals surface area contributed by atoms with E-state index in [0.717, 1.165) is 16.9 Å². The number of nitrogens with zero attached hydrogens (tertiary/aromatic N) is 2. The molecular formula is C14H12ClF4N3O. The second-order valence-corrected chi connectivity index (χ2v) is 5.31. The molecule has 1 aromatic heterocycles. The van der Waals surface area contributed by atoms with Crippen molar-refractivity contribution in [2.45, 2.75) is 18.5 Å². The molecule has 0 aliphatic heterocycles. The first-order valence-corrected chi connectivity index (χ1v) is 6.82. The van der Waals surface area contributed by atoms with Crippen molar-refractivity contribution in [1.82, 2.24) is 9.78 Å². The highest BCUT2D eigenvalue weighted by Crippen LogP contribution is 2.37. The molecule has 2 rings (SSSR count). The number of hydrogen-bond acceptors (Lipinski definition) is 2. The van der Waals surface area contributed by atoms with Crippen LogP contribution in [0.5, 0.6) is 0 Å². The third-order valence-corrected chi connectivity index (χ3v) is 3.87. The van der Waals surface area contributed by atoms with E-state index in [-0.39, 0.29) is 17.7 Å². The molecule has 0 saturated carbocycles. The minimum absolute atomic E-state index is 0.0471. The predicted octanol–water partition coefficient (Wildman–Crippen LogP) is 3.04. The Kier molecular flexibility index (Phi) is 4.65. The number of benzene rings is 1. The van der Waals surface area contributed by atoms with E-state index in [9.17, 15) is 22.4 Å². The number of carbonyl (C=O) groups is 1. The van der Waals surface area contributed by atoms with Crippen LogP contribution in [0.1, 0.15) is 22.7 Å². The van der Waals surface area contributed by atoms with Crippen LogP contribution in [0, 0.1) is 5.82 Å². The quantitative estimate of drug-likeness (QED) is 0.862. The highest BCUT2D eigenvalue weighted by atomic mass is 35.5. The number of aromatic nitrogens is 2. The van der Waals surface area contributed by atoms with Crippen LogP contribution in [0.3, 0.4) is 0 Å². The van der Waals surface area contributed by atoms with Crippen LogP contribution in [0.25, 0.3) is 0 Å². The maximum absolute atomic E-state index is 13.8. The van der Waals surface area contributed by atoms with E-state index in [1.807, 2.05) is 0 Å². The van der Waals surface area contributed by atoms with Gasteiger partial charge in [-0.2, -0.15) is 18.3 Å². The van der Waals surface area contributed by atoms with Crippen molar-refractivity contribution < 1.29 is 22.4 Å². The summed E-state index contributed by atoms with van der Waals surface area (Å²) in [6, 6.07) is 3.33. The van der Waals surface area contributed by atoms with Gasteiger partial charge in [0.05, 0.1) is 28.4 Å². The zero-order valence-electron chi connectivity index (χ0n) is 11.9. The Labute approximate surface area is 133 Å². The normalized spacial score (nSPS) is 13.1. The van der Waals surface area contributed by atoms with Gasteiger partial charge >= 0.3 is 6.18 Å². The van der Waals surface area contributed by atoms with Crippen LogP contribution in [-0.4, -0.2) is 15.7 Å². The highest BCUT2D eigenvalue weighted by molar-refractivity contribution is 6.32. The Morgan fingerprint density at radius 1 is 1.43 bits per heavy atom. The Morgan fingerprint density at radius 2 is 2.09 bits per heavy atom. The molecule has 0 saturated heterocycles. The van der Waals surface area contributed by atoms with Gasteiger partial charge in [-0.15, -0.1) is 0 Å². The largest absolute Gasteiger partial charge is 0.417 e. The van der Waals surface area contributed by atoms with Crippen LogP contribution in [0.15, 0.2) is 24.4 Å². The summed E-state index contributed by atoms with van der Waals surface area (Å²) in [7, 11) is 1.40. The predicted molar refractivity (Wildman–Crippen MR) is 75.3 cm³/mol. The summed E-state index contributed by atoms with van der Waals surface area (Å²) in [6.07, 6.45) is -4.00. The summed E-state index contributed by atoms with van der Waals surface area (Å²) in [5.41, 5.74) is 4.19. The summed E-state index contributed by atoms with van der Waals surface area (Å²) in [4.78, 5) is 11.6. The van der Waals surface area contributed by atoms with Crippen molar-refractivity contribution in [2.75, 3.05) is 0 Å². The Morgan fingerprint density at radius 3 is 2.57 bits per heavy atom. The molecule has 0 bridgehead atoms. The van der Waals surface area contributed by atoms with Crippen LogP contribution in [0.2, 0.25) is 5.02 Å². The van der Waals surface area contributed by atoms with E-state index < -0.39 is 34.4 Å². The number of primary amides is 1. The molecule has 0 aliphatic rings. The van der Waals surface area contributed by atoms with Gasteiger partial charge in [0.1, 0.15) is 0 Å². The fourth-order valence-electron chi connectivity index (χ4n) is 2.32. The summed E-state index contributed by atoms with van der Waals surface area (Å²) >= 11 is 5.79. The molecule has 23 heavy (non-hydrogen) atoms. The zero-order valence-corrected chi connectivity index (χ0v) is 12.6. The Hall–Kier alpha value is -2.09. The lowest BCUT2D eigenvalue weighted by Gasteiger charge is -2.17. The Bertz CT molecular complexity index is 723. The molecule has 0 aliphatic carbocycles. The number of rotatable bonds is 4. The van der Waals surface area contributed by atoms with Gasteiger partial charge in [-0.05, 0) is 18.1 Å². The first-order chi connectivity index (χ1) is 10.6. The van der Waals surface area contributed by atoms with Crippen LogP contribution < -0.4 is 5.73 Å². The van der Waals surface area contributed by atoms with Gasteiger partial charge in [0.2, 0.25) is 5.91 Å². The number of nitrogens with two attached hydrogens (primary N) is 1. The van der Waals surface area contributed by atoms with Crippen molar-refractivity contribution in [3.05, 3.63) is 52.1 Å². The molecule has 0 spiro atoms. The van der Waals surface area contributed by atoms with Crippen molar-refractivity contribution in [3.8, 4) is 0 Å². The summed E-state index contributed by atoms with van der Waals surface area (Å²) in [5, 5.41) is 3.13. The molecule has 1 atom stereocenters. The van der Waals surface area contributed by atoms with Gasteiger partial charge in [-0.25, -0.2) is 4.39 Å². The Balaban J connectivity index is 2.45. The second-order valence-electron chi connectivity index (χ2n) is 4.94. The molecule has 0 radical (unpaired) electrons. The van der Waals surface area contributed by atoms with Crippen LogP contribution >= 0.6 is 11.6 Å². The molecule has 1 heterocycles. The van der Waals surface area contributed by atoms with Gasteiger partial charge in [-0.1, -0.05) is 23.7 Å². The van der Waals surface area contributed by atoms with E-state index in [0.29, 0.717) is 0 Å². The average Bonchev–Trinajstić information content (AvgIpc) is 2.76. The standard InChI is InChI=1S/C14H12ClF4N3O/c1-22-12(10(16)6-21-22)8(13(20)23)5-7-3-2-4-9(11(7)15)14(17,18)19/h2-4,6,8H,5H2,1H3,(H2,20,23). The second kappa shape index (κ2) is 6.19. The molecule has 2 N–H and O–H groups in total. The molecule has 9 heteroatoms. The van der Waals surface area contributed by atoms with E-state index in [1.54, 1.807) is 0 Å². The lowest BCUT2D eigenvalue weighted by atomic mass is 9.94. The number of hydrogen-bond donors (Lipinski definition) is 1. The van der Waals surface area contributed by atoms with Gasteiger partial charge in [0, 0.05) is 7.05 Å². The van der Waals surface area contributed by atoms with Crippen molar-refractivity contribution in [1.29, 1.82) is 0 Å². The lowest BCUT2D eigenvalue weighted by Crippen LogP contribution is -2.26. The van der Waals surface area contributed by atoms with Gasteiger partial charge in [0.25, 0.3) is 0 Å². The molecule has 2 aromatic rings. The monoisotopic (exact) mass is 349 g/mol. The molecular weight excluding hydrogens is 338 g/mol. The fourth-order valence-corrected chi connectivity index (χ4v) is 2.63. The smallest absolute Gasteiger partial charge is 0.369 e. The topological polar surface area (TPSA) is 60.9 Å². The van der Waals surface area contributed by atoms with E-state index >= 15 is 0 Å². The van der Waals surface area contributed by atoms with Gasteiger partial charge < -0.3 is 5.73 Å². The van der Waals surface area contributed by atoms with Crippen LogP contribution in [0.4, 0.5) is 17.6 Å². The summed E-state index contributed by atoms with van der Waals surface area (Å²) < 4.78 is 53.5. The maximum atomic E-state index is 13.8. The van der Waals surface area contributed by atoms with E-state index in [1.165, 1.54) is 19.2 Å². The molecule has 1 aromatic carbocycles. The first-order valence-electron chi connectivity index (χ1n) is 6.44. The van der Waals surface area contributed by atoms with Gasteiger partial charge in [-0.3, -0.25) is 9.48 Å². The van der Waals surface area contributed by atoms with Gasteiger partial charge in [0.15, 0.2) is 5.82 Å². The van der Waals surface area contributed by atoms with Crippen molar-refractivity contribution in [3.63, 3.8) is 0 Å². The minimum Gasteiger partial charge on any atom is -0.369 e. The third-order valence-electron chi connectivity index (χ3n) is 3.42. The SMILES string of the molecule is Cn1ncc(F)c1C(Cc1cccc(C(F)(F)F)c1Cl)C(N)=O. The molecule has 0 fully saturated rings. The number of carbonyl (C=O) groups excluding carboxylic acids is 1. The van der Waals surface area contributed by atoms with Crippen LogP contribution in [-0.2, 0) is 24.4 Å². The minimum atomic E-state index is -4.63.